The average Bonchev–Trinajstić information content (AvgIpc) is 3.21. The van der Waals surface area contributed by atoms with Crippen LogP contribution in [0.1, 0.15) is 0 Å². The van der Waals surface area contributed by atoms with Gasteiger partial charge in [-0.15, -0.1) is 0 Å². The van der Waals surface area contributed by atoms with Crippen molar-refractivity contribution >= 4 is 22.2 Å². The summed E-state index contributed by atoms with van der Waals surface area (Å²) in [4.78, 5) is 9.15. The number of hydrogen-bond acceptors (Lipinski definition) is 5. The molecule has 0 saturated carbocycles. The predicted molar refractivity (Wildman–Crippen MR) is 115 cm³/mol. The first-order chi connectivity index (χ1) is 14.3. The third kappa shape index (κ3) is 3.19. The molecule has 0 radical (unpaired) electrons. The quantitative estimate of drug-likeness (QED) is 0.481. The van der Waals surface area contributed by atoms with Crippen LogP contribution in [-0.4, -0.2) is 37.8 Å². The summed E-state index contributed by atoms with van der Waals surface area (Å²) in [6, 6.07) is 18.1. The van der Waals surface area contributed by atoms with Crippen LogP contribution in [0.15, 0.2) is 79.4 Å². The number of pyridine rings is 1. The average molecular weight is 381 g/mol. The summed E-state index contributed by atoms with van der Waals surface area (Å²) < 4.78 is 1.82. The highest BCUT2D eigenvalue weighted by atomic mass is 16.3. The molecule has 0 spiro atoms. The number of fused-ring (bicyclic) bond motifs is 2. The molecule has 0 saturated heterocycles. The number of nitrogens with zero attached hydrogens (tertiary/aromatic N) is 4. The number of aromatic nitrogens is 4. The zero-order chi connectivity index (χ0) is 19.6. The zero-order valence-electron chi connectivity index (χ0n) is 15.7. The molecule has 3 heterocycles. The van der Waals surface area contributed by atoms with E-state index in [1.807, 2.05) is 77.8 Å². The Bertz CT molecular complexity index is 1290. The molecule has 0 unspecified atom stereocenters. The van der Waals surface area contributed by atoms with Crippen LogP contribution < -0.4 is 5.32 Å². The van der Waals surface area contributed by atoms with Gasteiger partial charge in [0.2, 0.25) is 0 Å². The van der Waals surface area contributed by atoms with Gasteiger partial charge >= 0.3 is 0 Å². The van der Waals surface area contributed by atoms with Crippen LogP contribution in [0.3, 0.4) is 0 Å². The maximum absolute atomic E-state index is 8.92. The van der Waals surface area contributed by atoms with Crippen LogP contribution in [0.2, 0.25) is 0 Å². The molecule has 0 atom stereocenters. The van der Waals surface area contributed by atoms with E-state index in [0.717, 1.165) is 44.5 Å². The lowest BCUT2D eigenvalue weighted by Gasteiger charge is -2.07. The Labute approximate surface area is 167 Å². The van der Waals surface area contributed by atoms with Crippen molar-refractivity contribution in [3.63, 3.8) is 0 Å². The van der Waals surface area contributed by atoms with Gasteiger partial charge in [-0.05, 0) is 35.4 Å². The largest absolute Gasteiger partial charge is 0.395 e. The third-order valence-corrected chi connectivity index (χ3v) is 4.95. The summed E-state index contributed by atoms with van der Waals surface area (Å²) in [6.07, 6.45) is 7.54. The van der Waals surface area contributed by atoms with Crippen LogP contribution in [0.4, 0.5) is 5.69 Å². The van der Waals surface area contributed by atoms with E-state index in [-0.39, 0.29) is 6.61 Å². The molecule has 2 N–H and O–H groups in total. The Morgan fingerprint density at radius 3 is 2.59 bits per heavy atom. The molecule has 0 aliphatic heterocycles. The van der Waals surface area contributed by atoms with E-state index in [9.17, 15) is 0 Å². The number of aliphatic hydroxyl groups is 1. The second-order valence-electron chi connectivity index (χ2n) is 6.77. The molecule has 6 nitrogen and oxygen atoms in total. The number of para-hydroxylation sites is 1. The van der Waals surface area contributed by atoms with E-state index in [1.54, 1.807) is 0 Å². The van der Waals surface area contributed by atoms with Gasteiger partial charge in [-0.3, -0.25) is 4.98 Å². The smallest absolute Gasteiger partial charge is 0.162 e. The van der Waals surface area contributed by atoms with Crippen LogP contribution >= 0.6 is 0 Å². The molecule has 2 aromatic carbocycles. The summed E-state index contributed by atoms with van der Waals surface area (Å²) in [5.41, 5.74) is 6.84. The molecule has 5 rings (SSSR count). The summed E-state index contributed by atoms with van der Waals surface area (Å²) in [7, 11) is 0. The van der Waals surface area contributed by atoms with Gasteiger partial charge in [0.25, 0.3) is 0 Å². The molecule has 0 aliphatic rings. The van der Waals surface area contributed by atoms with Crippen LogP contribution in [0.25, 0.3) is 38.8 Å². The maximum atomic E-state index is 8.92. The van der Waals surface area contributed by atoms with Crippen molar-refractivity contribution in [3.05, 3.63) is 79.4 Å². The van der Waals surface area contributed by atoms with E-state index >= 15 is 0 Å². The van der Waals surface area contributed by atoms with Crippen molar-refractivity contribution < 1.29 is 5.11 Å². The molecule has 29 heavy (non-hydrogen) atoms. The fourth-order valence-electron chi connectivity index (χ4n) is 3.53. The van der Waals surface area contributed by atoms with Gasteiger partial charge in [0, 0.05) is 47.3 Å². The first-order valence-electron chi connectivity index (χ1n) is 9.46. The normalized spacial score (nSPS) is 11.2. The Kier molecular flexibility index (Phi) is 4.38. The molecule has 0 aliphatic carbocycles. The number of nitrogens with one attached hydrogen (secondary N) is 1. The Morgan fingerprint density at radius 2 is 1.72 bits per heavy atom. The fraction of sp³-hybridized carbons (Fsp3) is 0.0870. The third-order valence-electron chi connectivity index (χ3n) is 4.95. The molecule has 0 amide bonds. The SMILES string of the molecule is OCCNc1ccc(-c2cnc3c(-c4ccnc5ccccc45)cnn3c2)cc1. The molecular formula is C23H19N5O. The minimum atomic E-state index is 0.108. The number of benzene rings is 2. The number of hydrogen-bond donors (Lipinski definition) is 2. The first kappa shape index (κ1) is 17.3. The zero-order valence-corrected chi connectivity index (χ0v) is 15.7. The molecule has 0 bridgehead atoms. The van der Waals surface area contributed by atoms with Crippen molar-refractivity contribution in [3.8, 4) is 22.3 Å². The molecule has 142 valence electrons. The number of anilines is 1. The molecule has 6 heteroatoms. The standard InChI is InChI=1S/C23H19N5O/c29-12-11-24-18-7-5-16(6-8-18)17-13-26-23-21(14-27-28(23)15-17)19-9-10-25-22-4-2-1-3-20(19)22/h1-10,13-15,24,29H,11-12H2. The minimum Gasteiger partial charge on any atom is -0.395 e. The fourth-order valence-corrected chi connectivity index (χ4v) is 3.53. The highest BCUT2D eigenvalue weighted by Gasteiger charge is 2.12. The molecule has 5 aromatic rings. The number of aliphatic hydroxyl groups excluding tert-OH is 1. The monoisotopic (exact) mass is 381 g/mol. The number of rotatable bonds is 5. The van der Waals surface area contributed by atoms with E-state index in [0.29, 0.717) is 6.54 Å². The topological polar surface area (TPSA) is 75.3 Å². The van der Waals surface area contributed by atoms with Crippen LogP contribution in [0, 0.1) is 0 Å². The van der Waals surface area contributed by atoms with Gasteiger partial charge in [0.15, 0.2) is 5.65 Å². The van der Waals surface area contributed by atoms with Crippen molar-refractivity contribution in [1.29, 1.82) is 0 Å². The predicted octanol–water partition coefficient (Wildman–Crippen LogP) is 4.02. The van der Waals surface area contributed by atoms with Gasteiger partial charge < -0.3 is 10.4 Å². The second kappa shape index (κ2) is 7.33. The molecule has 3 aromatic heterocycles. The van der Waals surface area contributed by atoms with Crippen molar-refractivity contribution in [2.45, 2.75) is 0 Å². The van der Waals surface area contributed by atoms with Gasteiger partial charge in [-0.25, -0.2) is 9.50 Å². The molecular weight excluding hydrogens is 362 g/mol. The lowest BCUT2D eigenvalue weighted by Crippen LogP contribution is -2.04. The molecule has 0 fully saturated rings. The van der Waals surface area contributed by atoms with Crippen molar-refractivity contribution in [2.24, 2.45) is 0 Å². The second-order valence-corrected chi connectivity index (χ2v) is 6.77. The minimum absolute atomic E-state index is 0.108. The van der Waals surface area contributed by atoms with E-state index < -0.39 is 0 Å². The lowest BCUT2D eigenvalue weighted by molar-refractivity contribution is 0.311. The van der Waals surface area contributed by atoms with E-state index in [4.69, 9.17) is 10.1 Å². The van der Waals surface area contributed by atoms with Gasteiger partial charge in [0.1, 0.15) is 0 Å². The van der Waals surface area contributed by atoms with Crippen LogP contribution in [0.5, 0.6) is 0 Å². The summed E-state index contributed by atoms with van der Waals surface area (Å²) >= 11 is 0. The summed E-state index contributed by atoms with van der Waals surface area (Å²) in [6.45, 7) is 0.642. The van der Waals surface area contributed by atoms with E-state index in [2.05, 4.69) is 21.5 Å². The Balaban J connectivity index is 1.53. The first-order valence-corrected chi connectivity index (χ1v) is 9.46. The summed E-state index contributed by atoms with van der Waals surface area (Å²) in [5.74, 6) is 0. The van der Waals surface area contributed by atoms with E-state index in [1.165, 1.54) is 0 Å². The maximum Gasteiger partial charge on any atom is 0.162 e. The highest BCUT2D eigenvalue weighted by Crippen LogP contribution is 2.30. The Morgan fingerprint density at radius 1 is 0.862 bits per heavy atom. The van der Waals surface area contributed by atoms with Gasteiger partial charge in [-0.1, -0.05) is 30.3 Å². The summed E-state index contributed by atoms with van der Waals surface area (Å²) in [5, 5.41) is 17.7. The van der Waals surface area contributed by atoms with Crippen LogP contribution in [-0.2, 0) is 0 Å². The highest BCUT2D eigenvalue weighted by molar-refractivity contribution is 5.97. The lowest BCUT2D eigenvalue weighted by atomic mass is 10.0. The van der Waals surface area contributed by atoms with Crippen molar-refractivity contribution in [1.82, 2.24) is 19.6 Å². The van der Waals surface area contributed by atoms with Gasteiger partial charge in [0.05, 0.1) is 18.3 Å². The Hall–Kier alpha value is -3.77. The van der Waals surface area contributed by atoms with Crippen molar-refractivity contribution in [2.75, 3.05) is 18.5 Å². The van der Waals surface area contributed by atoms with Gasteiger partial charge in [-0.2, -0.15) is 5.10 Å².